The highest BCUT2D eigenvalue weighted by molar-refractivity contribution is 5.98. The van der Waals surface area contributed by atoms with Crippen molar-refractivity contribution in [3.63, 3.8) is 0 Å². The molecule has 1 fully saturated rings. The van der Waals surface area contributed by atoms with E-state index in [4.69, 9.17) is 0 Å². The highest BCUT2D eigenvalue weighted by Crippen LogP contribution is 2.17. The maximum Gasteiger partial charge on any atom is 0.258 e. The van der Waals surface area contributed by atoms with Crippen molar-refractivity contribution in [1.82, 2.24) is 20.0 Å². The Morgan fingerprint density at radius 3 is 2.81 bits per heavy atom. The molecule has 1 atom stereocenters. The third kappa shape index (κ3) is 3.09. The van der Waals surface area contributed by atoms with Crippen LogP contribution in [0.2, 0.25) is 0 Å². The second-order valence-corrected chi connectivity index (χ2v) is 5.97. The van der Waals surface area contributed by atoms with Crippen LogP contribution in [0.5, 0.6) is 0 Å². The normalized spacial score (nSPS) is 19.5. The van der Waals surface area contributed by atoms with E-state index < -0.39 is 6.04 Å². The van der Waals surface area contributed by atoms with Gasteiger partial charge in [-0.15, -0.1) is 0 Å². The fourth-order valence-electron chi connectivity index (χ4n) is 2.75. The van der Waals surface area contributed by atoms with Gasteiger partial charge in [0.15, 0.2) is 0 Å². The molecule has 1 aliphatic rings. The summed E-state index contributed by atoms with van der Waals surface area (Å²) in [5, 5.41) is 6.78. The minimum Gasteiger partial charge on any atom is -0.339 e. The Balaban J connectivity index is 2.12. The van der Waals surface area contributed by atoms with E-state index in [-0.39, 0.29) is 11.8 Å². The predicted molar refractivity (Wildman–Crippen MR) is 79.9 cm³/mol. The summed E-state index contributed by atoms with van der Waals surface area (Å²) in [6, 6.07) is -0.412. The first-order chi connectivity index (χ1) is 9.95. The summed E-state index contributed by atoms with van der Waals surface area (Å²) in [6.45, 7) is 9.89. The van der Waals surface area contributed by atoms with Crippen LogP contribution in [0.25, 0.3) is 0 Å². The predicted octanol–water partition coefficient (Wildman–Crippen LogP) is 1.30. The number of aromatic nitrogens is 2. The Hall–Kier alpha value is -1.85. The van der Waals surface area contributed by atoms with Crippen molar-refractivity contribution >= 4 is 11.8 Å². The number of nitrogens with one attached hydrogen (secondary N) is 1. The molecular weight excluding hydrogens is 268 g/mol. The lowest BCUT2D eigenvalue weighted by atomic mass is 10.1. The second-order valence-electron chi connectivity index (χ2n) is 5.97. The van der Waals surface area contributed by atoms with E-state index in [1.807, 2.05) is 11.8 Å². The van der Waals surface area contributed by atoms with Gasteiger partial charge >= 0.3 is 0 Å². The molecule has 2 heterocycles. The van der Waals surface area contributed by atoms with Crippen molar-refractivity contribution in [2.24, 2.45) is 5.92 Å². The first kappa shape index (κ1) is 15.5. The van der Waals surface area contributed by atoms with Gasteiger partial charge in [-0.25, -0.2) is 0 Å². The number of piperazine rings is 1. The molecule has 0 unspecified atom stereocenters. The van der Waals surface area contributed by atoms with Gasteiger partial charge in [0.05, 0.1) is 11.8 Å². The maximum absolute atomic E-state index is 12.6. The summed E-state index contributed by atoms with van der Waals surface area (Å²) < 4.78 is 0. The zero-order valence-electron chi connectivity index (χ0n) is 13.2. The molecule has 1 N–H and O–H groups in total. The first-order valence-corrected chi connectivity index (χ1v) is 7.57. The van der Waals surface area contributed by atoms with Crippen molar-refractivity contribution in [3.05, 3.63) is 17.5 Å². The summed E-state index contributed by atoms with van der Waals surface area (Å²) in [5.41, 5.74) is 1.40. The summed E-state index contributed by atoms with van der Waals surface area (Å²) in [5.74, 6) is 0.361. The van der Waals surface area contributed by atoms with Crippen LogP contribution in [-0.4, -0.2) is 57.5 Å². The SMILES string of the molecule is CCc1[nH]ncc1C(=O)N1CCN(CC(C)C)C(=O)[C@H]1C. The fraction of sp³-hybridized carbons (Fsp3) is 0.667. The van der Waals surface area contributed by atoms with E-state index >= 15 is 0 Å². The minimum atomic E-state index is -0.412. The molecule has 0 saturated carbocycles. The van der Waals surface area contributed by atoms with Gasteiger partial charge in [-0.1, -0.05) is 20.8 Å². The molecule has 6 heteroatoms. The van der Waals surface area contributed by atoms with Crippen LogP contribution in [0.1, 0.15) is 43.7 Å². The summed E-state index contributed by atoms with van der Waals surface area (Å²) in [7, 11) is 0. The van der Waals surface area contributed by atoms with E-state index in [0.29, 0.717) is 24.6 Å². The quantitative estimate of drug-likeness (QED) is 0.909. The molecule has 0 aromatic carbocycles. The van der Waals surface area contributed by atoms with Crippen LogP contribution < -0.4 is 0 Å². The fourth-order valence-corrected chi connectivity index (χ4v) is 2.75. The molecule has 1 saturated heterocycles. The van der Waals surface area contributed by atoms with Crippen LogP contribution in [0, 0.1) is 5.92 Å². The maximum atomic E-state index is 12.6. The largest absolute Gasteiger partial charge is 0.339 e. The lowest BCUT2D eigenvalue weighted by molar-refractivity contribution is -0.140. The number of rotatable bonds is 4. The topological polar surface area (TPSA) is 69.3 Å². The van der Waals surface area contributed by atoms with E-state index in [1.54, 1.807) is 18.0 Å². The van der Waals surface area contributed by atoms with Crippen LogP contribution in [0.4, 0.5) is 0 Å². The second kappa shape index (κ2) is 6.28. The molecular formula is C15H24N4O2. The average molecular weight is 292 g/mol. The summed E-state index contributed by atoms with van der Waals surface area (Å²) in [4.78, 5) is 28.5. The number of aryl methyl sites for hydroxylation is 1. The number of aromatic amines is 1. The molecule has 0 aliphatic carbocycles. The molecule has 2 amide bonds. The number of carbonyl (C=O) groups excluding carboxylic acids is 2. The van der Waals surface area contributed by atoms with Crippen molar-refractivity contribution in [2.75, 3.05) is 19.6 Å². The number of hydrogen-bond acceptors (Lipinski definition) is 3. The molecule has 2 rings (SSSR count). The molecule has 21 heavy (non-hydrogen) atoms. The lowest BCUT2D eigenvalue weighted by Crippen LogP contribution is -2.58. The number of hydrogen-bond donors (Lipinski definition) is 1. The summed E-state index contributed by atoms with van der Waals surface area (Å²) >= 11 is 0. The van der Waals surface area contributed by atoms with Gasteiger partial charge in [-0.05, 0) is 19.3 Å². The van der Waals surface area contributed by atoms with E-state index in [1.165, 1.54) is 0 Å². The Bertz CT molecular complexity index is 523. The van der Waals surface area contributed by atoms with Crippen molar-refractivity contribution in [3.8, 4) is 0 Å². The van der Waals surface area contributed by atoms with Gasteiger partial charge in [-0.2, -0.15) is 5.10 Å². The van der Waals surface area contributed by atoms with Crippen LogP contribution >= 0.6 is 0 Å². The van der Waals surface area contributed by atoms with E-state index in [0.717, 1.165) is 18.7 Å². The van der Waals surface area contributed by atoms with Crippen molar-refractivity contribution in [2.45, 2.75) is 40.2 Å². The molecule has 116 valence electrons. The molecule has 0 bridgehead atoms. The smallest absolute Gasteiger partial charge is 0.258 e. The van der Waals surface area contributed by atoms with Gasteiger partial charge in [-0.3, -0.25) is 14.7 Å². The van der Waals surface area contributed by atoms with Crippen LogP contribution in [0.15, 0.2) is 6.20 Å². The highest BCUT2D eigenvalue weighted by atomic mass is 16.2. The number of H-pyrrole nitrogens is 1. The third-order valence-corrected chi connectivity index (χ3v) is 3.90. The number of carbonyl (C=O) groups is 2. The molecule has 6 nitrogen and oxygen atoms in total. The first-order valence-electron chi connectivity index (χ1n) is 7.57. The molecule has 0 spiro atoms. The molecule has 1 aromatic rings. The Morgan fingerprint density at radius 1 is 1.48 bits per heavy atom. The third-order valence-electron chi connectivity index (χ3n) is 3.90. The van der Waals surface area contributed by atoms with Gasteiger partial charge in [0.1, 0.15) is 6.04 Å². The lowest BCUT2D eigenvalue weighted by Gasteiger charge is -2.39. The Morgan fingerprint density at radius 2 is 2.19 bits per heavy atom. The average Bonchev–Trinajstić information content (AvgIpc) is 2.91. The standard InChI is InChI=1S/C15H24N4O2/c1-5-13-12(8-16-17-13)15(21)19-7-6-18(9-10(2)3)14(20)11(19)4/h8,10-11H,5-7,9H2,1-4H3,(H,16,17)/t11-/m1/s1. The number of amides is 2. The van der Waals surface area contributed by atoms with Gasteiger partial charge < -0.3 is 9.80 Å². The van der Waals surface area contributed by atoms with E-state index in [2.05, 4.69) is 24.0 Å². The molecule has 1 aromatic heterocycles. The monoisotopic (exact) mass is 292 g/mol. The zero-order valence-corrected chi connectivity index (χ0v) is 13.2. The van der Waals surface area contributed by atoms with Crippen LogP contribution in [0.3, 0.4) is 0 Å². The molecule has 0 radical (unpaired) electrons. The van der Waals surface area contributed by atoms with Gasteiger partial charge in [0.25, 0.3) is 5.91 Å². The van der Waals surface area contributed by atoms with Crippen molar-refractivity contribution < 1.29 is 9.59 Å². The van der Waals surface area contributed by atoms with Crippen LogP contribution in [-0.2, 0) is 11.2 Å². The highest BCUT2D eigenvalue weighted by Gasteiger charge is 2.35. The number of nitrogens with zero attached hydrogens (tertiary/aromatic N) is 3. The van der Waals surface area contributed by atoms with Crippen molar-refractivity contribution in [1.29, 1.82) is 0 Å². The zero-order chi connectivity index (χ0) is 15.6. The van der Waals surface area contributed by atoms with Gasteiger partial charge in [0.2, 0.25) is 5.91 Å². The molecule has 1 aliphatic heterocycles. The van der Waals surface area contributed by atoms with Gasteiger partial charge in [0, 0.05) is 25.3 Å². The minimum absolute atomic E-state index is 0.0323. The Labute approximate surface area is 125 Å². The van der Waals surface area contributed by atoms with E-state index in [9.17, 15) is 9.59 Å². The Kier molecular flexibility index (Phi) is 4.65. The summed E-state index contributed by atoms with van der Waals surface area (Å²) in [6.07, 6.45) is 2.27.